The molecule has 0 aliphatic carbocycles. The average molecular weight is 465 g/mol. The molecule has 1 aromatic carbocycles. The number of hydrogen-bond donors (Lipinski definition) is 1. The number of rotatable bonds is 7. The zero-order valence-corrected chi connectivity index (χ0v) is 19.0. The number of fused-ring (bicyclic) bond motifs is 1. The summed E-state index contributed by atoms with van der Waals surface area (Å²) in [6.45, 7) is 5.57. The molecule has 1 fully saturated rings. The Morgan fingerprint density at radius 3 is 2.74 bits per heavy atom. The van der Waals surface area contributed by atoms with Crippen LogP contribution < -0.4 is 5.32 Å². The summed E-state index contributed by atoms with van der Waals surface area (Å²) in [5.74, 6) is -0.253. The van der Waals surface area contributed by atoms with Crippen LogP contribution in [0, 0.1) is 18.6 Å². The molecule has 1 aliphatic heterocycles. The summed E-state index contributed by atoms with van der Waals surface area (Å²) in [4.78, 5) is 24.5. The number of hydrogen-bond acceptors (Lipinski definition) is 4. The van der Waals surface area contributed by atoms with Crippen molar-refractivity contribution in [1.82, 2.24) is 29.2 Å². The number of imidazole rings is 2. The van der Waals surface area contributed by atoms with E-state index >= 15 is 0 Å². The Hall–Kier alpha value is -3.59. The number of halogens is 2. The Balaban J connectivity index is 1.40. The standard InChI is InChI=1S/C25H26F2N6O/c1-17-29-21(16-32(17)15-18-7-8-19(26)14-20(18)27)24-30-23(22-6-2-3-12-33(22)24)25(34)28-9-13-31-10-4-5-11-31/h2-3,6-8,12,14,16H,4-5,9-11,13,15H2,1H3,(H,28,34). The van der Waals surface area contributed by atoms with Gasteiger partial charge in [-0.05, 0) is 51.1 Å². The highest BCUT2D eigenvalue weighted by molar-refractivity contribution is 5.99. The molecule has 5 rings (SSSR count). The first-order valence-electron chi connectivity index (χ1n) is 11.5. The lowest BCUT2D eigenvalue weighted by Crippen LogP contribution is -2.33. The van der Waals surface area contributed by atoms with Crippen molar-refractivity contribution in [2.45, 2.75) is 26.3 Å². The molecular weight excluding hydrogens is 438 g/mol. The lowest BCUT2D eigenvalue weighted by Gasteiger charge is -2.14. The summed E-state index contributed by atoms with van der Waals surface area (Å²) in [6, 6.07) is 9.12. The third-order valence-electron chi connectivity index (χ3n) is 6.24. The molecule has 1 amide bonds. The van der Waals surface area contributed by atoms with Crippen molar-refractivity contribution in [3.8, 4) is 11.5 Å². The number of nitrogens with one attached hydrogen (secondary N) is 1. The highest BCUT2D eigenvalue weighted by Gasteiger charge is 2.21. The van der Waals surface area contributed by atoms with E-state index in [9.17, 15) is 13.6 Å². The maximum absolute atomic E-state index is 14.2. The molecule has 4 aromatic rings. The first kappa shape index (κ1) is 22.2. The fourth-order valence-electron chi connectivity index (χ4n) is 4.41. The Labute approximate surface area is 196 Å². The first-order valence-corrected chi connectivity index (χ1v) is 11.5. The molecule has 0 unspecified atom stereocenters. The maximum Gasteiger partial charge on any atom is 0.272 e. The van der Waals surface area contributed by atoms with E-state index in [0.29, 0.717) is 40.7 Å². The van der Waals surface area contributed by atoms with Crippen molar-refractivity contribution in [3.05, 3.63) is 77.5 Å². The summed E-state index contributed by atoms with van der Waals surface area (Å²) in [5.41, 5.74) is 1.96. The molecular formula is C25H26F2N6O. The molecule has 0 bridgehead atoms. The van der Waals surface area contributed by atoms with Gasteiger partial charge in [-0.2, -0.15) is 0 Å². The lowest BCUT2D eigenvalue weighted by molar-refractivity contribution is 0.0947. The van der Waals surface area contributed by atoms with Crippen molar-refractivity contribution < 1.29 is 13.6 Å². The lowest BCUT2D eigenvalue weighted by atomic mass is 10.2. The molecule has 0 radical (unpaired) electrons. The van der Waals surface area contributed by atoms with E-state index in [2.05, 4.69) is 20.2 Å². The van der Waals surface area contributed by atoms with E-state index in [1.807, 2.05) is 35.7 Å². The van der Waals surface area contributed by atoms with E-state index in [1.54, 1.807) is 10.8 Å². The number of likely N-dealkylation sites (tertiary alicyclic amines) is 1. The van der Waals surface area contributed by atoms with Gasteiger partial charge in [0.15, 0.2) is 11.5 Å². The van der Waals surface area contributed by atoms with Gasteiger partial charge >= 0.3 is 0 Å². The number of aromatic nitrogens is 4. The molecule has 0 saturated carbocycles. The zero-order chi connectivity index (χ0) is 23.7. The highest BCUT2D eigenvalue weighted by atomic mass is 19.1. The second-order valence-electron chi connectivity index (χ2n) is 8.58. The van der Waals surface area contributed by atoms with Gasteiger partial charge in [-0.3, -0.25) is 9.20 Å². The number of amides is 1. The van der Waals surface area contributed by atoms with Gasteiger partial charge in [0, 0.05) is 37.1 Å². The maximum atomic E-state index is 14.2. The van der Waals surface area contributed by atoms with Gasteiger partial charge in [-0.25, -0.2) is 18.7 Å². The molecule has 3 aromatic heterocycles. The quantitative estimate of drug-likeness (QED) is 0.453. The van der Waals surface area contributed by atoms with E-state index in [-0.39, 0.29) is 12.5 Å². The molecule has 0 atom stereocenters. The van der Waals surface area contributed by atoms with Crippen LogP contribution in [0.5, 0.6) is 0 Å². The van der Waals surface area contributed by atoms with E-state index < -0.39 is 11.6 Å². The van der Waals surface area contributed by atoms with E-state index in [0.717, 1.165) is 25.7 Å². The highest BCUT2D eigenvalue weighted by Crippen LogP contribution is 2.23. The SMILES string of the molecule is Cc1nc(-c2nc(C(=O)NCCN3CCCC3)c3ccccn23)cn1Cc1ccc(F)cc1F. The summed E-state index contributed by atoms with van der Waals surface area (Å²) >= 11 is 0. The molecule has 34 heavy (non-hydrogen) atoms. The third kappa shape index (κ3) is 4.43. The zero-order valence-electron chi connectivity index (χ0n) is 19.0. The van der Waals surface area contributed by atoms with Crippen LogP contribution in [0.15, 0.2) is 48.8 Å². The number of carbonyl (C=O) groups is 1. The Morgan fingerprint density at radius 1 is 1.12 bits per heavy atom. The monoisotopic (exact) mass is 464 g/mol. The summed E-state index contributed by atoms with van der Waals surface area (Å²) in [5, 5.41) is 2.99. The molecule has 9 heteroatoms. The largest absolute Gasteiger partial charge is 0.349 e. The molecule has 4 heterocycles. The molecule has 7 nitrogen and oxygen atoms in total. The van der Waals surface area contributed by atoms with Crippen molar-refractivity contribution in [1.29, 1.82) is 0 Å². The number of nitrogens with zero attached hydrogens (tertiary/aromatic N) is 5. The second kappa shape index (κ2) is 9.34. The Morgan fingerprint density at radius 2 is 1.94 bits per heavy atom. The topological polar surface area (TPSA) is 67.5 Å². The Kier molecular flexibility index (Phi) is 6.10. The summed E-state index contributed by atoms with van der Waals surface area (Å²) < 4.78 is 31.0. The van der Waals surface area contributed by atoms with Crippen molar-refractivity contribution in [2.24, 2.45) is 0 Å². The van der Waals surface area contributed by atoms with Crippen molar-refractivity contribution in [2.75, 3.05) is 26.2 Å². The van der Waals surface area contributed by atoms with Gasteiger partial charge in [0.2, 0.25) is 0 Å². The Bertz CT molecular complexity index is 1340. The minimum atomic E-state index is -0.612. The van der Waals surface area contributed by atoms with Crippen LogP contribution in [0.25, 0.3) is 17.0 Å². The number of pyridine rings is 1. The van der Waals surface area contributed by atoms with Gasteiger partial charge < -0.3 is 14.8 Å². The smallest absolute Gasteiger partial charge is 0.272 e. The fraction of sp³-hybridized carbons (Fsp3) is 0.320. The minimum Gasteiger partial charge on any atom is -0.349 e. The number of aryl methyl sites for hydroxylation is 1. The fourth-order valence-corrected chi connectivity index (χ4v) is 4.41. The predicted octanol–water partition coefficient (Wildman–Crippen LogP) is 3.66. The number of benzene rings is 1. The van der Waals surface area contributed by atoms with Gasteiger partial charge in [-0.15, -0.1) is 0 Å². The van der Waals surface area contributed by atoms with Crippen molar-refractivity contribution >= 4 is 11.4 Å². The first-order chi connectivity index (χ1) is 16.5. The van der Waals surface area contributed by atoms with Gasteiger partial charge in [0.05, 0.1) is 12.1 Å². The van der Waals surface area contributed by atoms with Gasteiger partial charge in [-0.1, -0.05) is 12.1 Å². The summed E-state index contributed by atoms with van der Waals surface area (Å²) in [6.07, 6.45) is 6.04. The third-order valence-corrected chi connectivity index (χ3v) is 6.24. The van der Waals surface area contributed by atoms with Gasteiger partial charge in [0.1, 0.15) is 23.2 Å². The van der Waals surface area contributed by atoms with Gasteiger partial charge in [0.25, 0.3) is 5.91 Å². The normalized spacial score (nSPS) is 14.2. The molecule has 176 valence electrons. The molecule has 1 aliphatic rings. The van der Waals surface area contributed by atoms with Crippen molar-refractivity contribution in [3.63, 3.8) is 0 Å². The molecule has 0 spiro atoms. The summed E-state index contributed by atoms with van der Waals surface area (Å²) in [7, 11) is 0. The van der Waals surface area contributed by atoms with Crippen LogP contribution in [0.3, 0.4) is 0 Å². The van der Waals surface area contributed by atoms with Crippen LogP contribution in [0.2, 0.25) is 0 Å². The van der Waals surface area contributed by atoms with Crippen LogP contribution in [-0.2, 0) is 6.54 Å². The van der Waals surface area contributed by atoms with Crippen LogP contribution in [0.4, 0.5) is 8.78 Å². The molecule has 1 saturated heterocycles. The number of carbonyl (C=O) groups excluding carboxylic acids is 1. The minimum absolute atomic E-state index is 0.206. The second-order valence-corrected chi connectivity index (χ2v) is 8.58. The molecule has 1 N–H and O–H groups in total. The van der Waals surface area contributed by atoms with Crippen LogP contribution in [-0.4, -0.2) is 55.9 Å². The van der Waals surface area contributed by atoms with Crippen LogP contribution in [0.1, 0.15) is 34.7 Å². The predicted molar refractivity (Wildman–Crippen MR) is 125 cm³/mol. The van der Waals surface area contributed by atoms with E-state index in [1.165, 1.54) is 25.0 Å². The van der Waals surface area contributed by atoms with E-state index in [4.69, 9.17) is 0 Å². The van der Waals surface area contributed by atoms with Crippen LogP contribution >= 0.6 is 0 Å². The average Bonchev–Trinajstić information content (AvgIpc) is 3.55.